The third-order valence-electron chi connectivity index (χ3n) is 2.09. The molecule has 2 N–H and O–H groups in total. The average Bonchev–Trinajstić information content (AvgIpc) is 2.87. The summed E-state index contributed by atoms with van der Waals surface area (Å²) in [5, 5.41) is 8.29. The molecule has 1 aliphatic rings. The molecule has 1 aliphatic carbocycles. The van der Waals surface area contributed by atoms with Crippen LogP contribution in [0.15, 0.2) is 6.20 Å². The summed E-state index contributed by atoms with van der Waals surface area (Å²) in [6, 6.07) is 0. The Morgan fingerprint density at radius 2 is 2.50 bits per heavy atom. The fraction of sp³-hybridized carbons (Fsp3) is 0.625. The Labute approximate surface area is 81.0 Å². The van der Waals surface area contributed by atoms with Gasteiger partial charge < -0.3 is 10.5 Å². The minimum Gasteiger partial charge on any atom is -0.448 e. The Hall–Kier alpha value is -1.59. The van der Waals surface area contributed by atoms with Crippen LogP contribution in [0, 0.1) is 0 Å². The first-order chi connectivity index (χ1) is 6.75. The van der Waals surface area contributed by atoms with Crippen LogP contribution >= 0.6 is 0 Å². The van der Waals surface area contributed by atoms with Crippen LogP contribution in [0.2, 0.25) is 0 Å². The number of carbonyl (C=O) groups excluding carboxylic acids is 1. The van der Waals surface area contributed by atoms with E-state index in [1.165, 1.54) is 17.6 Å². The molecule has 2 rings (SSSR count). The van der Waals surface area contributed by atoms with Crippen LogP contribution < -0.4 is 5.73 Å². The molecule has 0 radical (unpaired) electrons. The fourth-order valence-electron chi connectivity index (χ4n) is 1.21. The van der Waals surface area contributed by atoms with Crippen LogP contribution in [0.25, 0.3) is 0 Å². The smallest absolute Gasteiger partial charge is 0.404 e. The predicted octanol–water partition coefficient (Wildman–Crippen LogP) is 0.251. The van der Waals surface area contributed by atoms with E-state index in [0.717, 1.165) is 5.69 Å². The Morgan fingerprint density at radius 3 is 3.14 bits per heavy atom. The summed E-state index contributed by atoms with van der Waals surface area (Å²) in [7, 11) is 0. The molecule has 6 nitrogen and oxygen atoms in total. The molecule has 1 amide bonds. The maximum atomic E-state index is 10.3. The van der Waals surface area contributed by atoms with Crippen LogP contribution in [-0.4, -0.2) is 27.7 Å². The van der Waals surface area contributed by atoms with Crippen molar-refractivity contribution in [2.24, 2.45) is 5.73 Å². The Kier molecular flexibility index (Phi) is 2.34. The van der Waals surface area contributed by atoms with Gasteiger partial charge in [0.2, 0.25) is 0 Å². The summed E-state index contributed by atoms with van der Waals surface area (Å²) in [6.45, 7) is 0.670. The molecule has 0 aliphatic heterocycles. The van der Waals surface area contributed by atoms with Gasteiger partial charge in [-0.1, -0.05) is 0 Å². The van der Waals surface area contributed by atoms with Crippen LogP contribution in [0.1, 0.15) is 24.5 Å². The lowest BCUT2D eigenvalue weighted by Crippen LogP contribution is -2.17. The number of aromatic nitrogens is 3. The highest BCUT2D eigenvalue weighted by Gasteiger charge is 2.26. The summed E-state index contributed by atoms with van der Waals surface area (Å²) in [6.07, 6.45) is 3.41. The monoisotopic (exact) mass is 196 g/mol. The number of carbonyl (C=O) groups is 1. The van der Waals surface area contributed by atoms with Crippen molar-refractivity contribution in [1.82, 2.24) is 15.0 Å². The fourth-order valence-corrected chi connectivity index (χ4v) is 1.21. The van der Waals surface area contributed by atoms with Gasteiger partial charge in [-0.3, -0.25) is 0 Å². The van der Waals surface area contributed by atoms with Gasteiger partial charge in [-0.2, -0.15) is 15.0 Å². The predicted molar refractivity (Wildman–Crippen MR) is 47.5 cm³/mol. The van der Waals surface area contributed by atoms with E-state index in [1.807, 2.05) is 0 Å². The second kappa shape index (κ2) is 3.65. The summed E-state index contributed by atoms with van der Waals surface area (Å²) in [5.74, 6) is 0.598. The summed E-state index contributed by atoms with van der Waals surface area (Å²) >= 11 is 0. The second-order valence-electron chi connectivity index (χ2n) is 3.31. The van der Waals surface area contributed by atoms with Gasteiger partial charge in [0.05, 0.1) is 18.4 Å². The quantitative estimate of drug-likeness (QED) is 0.748. The molecule has 1 aromatic rings. The van der Waals surface area contributed by atoms with Crippen molar-refractivity contribution in [3.8, 4) is 0 Å². The number of amides is 1. The lowest BCUT2D eigenvalue weighted by molar-refractivity contribution is 0.149. The molecule has 6 heteroatoms. The lowest BCUT2D eigenvalue weighted by Gasteiger charge is -1.99. The van der Waals surface area contributed by atoms with Crippen LogP contribution in [0.5, 0.6) is 0 Å². The maximum absolute atomic E-state index is 10.3. The lowest BCUT2D eigenvalue weighted by atomic mass is 10.3. The van der Waals surface area contributed by atoms with Crippen LogP contribution in [-0.2, 0) is 11.3 Å². The van der Waals surface area contributed by atoms with Crippen molar-refractivity contribution in [2.75, 3.05) is 6.61 Å². The number of primary amides is 1. The number of nitrogens with two attached hydrogens (primary N) is 1. The molecule has 0 bridgehead atoms. The number of hydrogen-bond acceptors (Lipinski definition) is 4. The van der Waals surface area contributed by atoms with E-state index in [9.17, 15) is 4.79 Å². The van der Waals surface area contributed by atoms with Gasteiger partial charge in [0, 0.05) is 5.92 Å². The zero-order valence-electron chi connectivity index (χ0n) is 7.72. The highest BCUT2D eigenvalue weighted by atomic mass is 16.5. The van der Waals surface area contributed by atoms with E-state index in [0.29, 0.717) is 12.5 Å². The van der Waals surface area contributed by atoms with Gasteiger partial charge in [-0.05, 0) is 12.8 Å². The topological polar surface area (TPSA) is 83.0 Å². The molecule has 76 valence electrons. The van der Waals surface area contributed by atoms with Crippen molar-refractivity contribution in [3.63, 3.8) is 0 Å². The molecular formula is C8H12N4O2. The zero-order chi connectivity index (χ0) is 9.97. The highest BCUT2D eigenvalue weighted by molar-refractivity contribution is 5.64. The molecule has 1 saturated carbocycles. The largest absolute Gasteiger partial charge is 0.448 e. The van der Waals surface area contributed by atoms with Crippen LogP contribution in [0.4, 0.5) is 4.79 Å². The molecule has 14 heavy (non-hydrogen) atoms. The average molecular weight is 196 g/mol. The molecular weight excluding hydrogens is 184 g/mol. The Morgan fingerprint density at radius 1 is 1.71 bits per heavy atom. The molecule has 0 atom stereocenters. The van der Waals surface area contributed by atoms with Gasteiger partial charge in [0.1, 0.15) is 6.61 Å². The first kappa shape index (κ1) is 8.98. The van der Waals surface area contributed by atoms with Gasteiger partial charge in [0.15, 0.2) is 0 Å². The van der Waals surface area contributed by atoms with Crippen molar-refractivity contribution < 1.29 is 9.53 Å². The number of ether oxygens (including phenoxy) is 1. The second-order valence-corrected chi connectivity index (χ2v) is 3.31. The van der Waals surface area contributed by atoms with Gasteiger partial charge in [0.25, 0.3) is 0 Å². The Bertz CT molecular complexity index is 332. The van der Waals surface area contributed by atoms with Crippen molar-refractivity contribution in [1.29, 1.82) is 0 Å². The van der Waals surface area contributed by atoms with E-state index in [-0.39, 0.29) is 6.61 Å². The molecule has 0 saturated heterocycles. The summed E-state index contributed by atoms with van der Waals surface area (Å²) < 4.78 is 4.57. The minimum absolute atomic E-state index is 0.216. The van der Waals surface area contributed by atoms with E-state index < -0.39 is 6.09 Å². The van der Waals surface area contributed by atoms with Gasteiger partial charge >= 0.3 is 6.09 Å². The normalized spacial score (nSPS) is 15.4. The highest BCUT2D eigenvalue weighted by Crippen LogP contribution is 2.38. The molecule has 1 fully saturated rings. The molecule has 1 aromatic heterocycles. The SMILES string of the molecule is NC(=O)OCCn1ncc(C2CC2)n1. The third-order valence-corrected chi connectivity index (χ3v) is 2.09. The Balaban J connectivity index is 1.80. The number of nitrogens with zero attached hydrogens (tertiary/aromatic N) is 3. The van der Waals surface area contributed by atoms with E-state index in [4.69, 9.17) is 5.73 Å². The van der Waals surface area contributed by atoms with Gasteiger partial charge in [-0.15, -0.1) is 0 Å². The minimum atomic E-state index is -0.764. The summed E-state index contributed by atoms with van der Waals surface area (Å²) in [5.41, 5.74) is 5.84. The number of rotatable bonds is 4. The van der Waals surface area contributed by atoms with E-state index in [1.54, 1.807) is 6.20 Å². The number of hydrogen-bond donors (Lipinski definition) is 1. The first-order valence-corrected chi connectivity index (χ1v) is 4.58. The summed E-state index contributed by atoms with van der Waals surface area (Å²) in [4.78, 5) is 11.8. The molecule has 0 spiro atoms. The van der Waals surface area contributed by atoms with E-state index in [2.05, 4.69) is 14.9 Å². The van der Waals surface area contributed by atoms with Crippen molar-refractivity contribution in [3.05, 3.63) is 11.9 Å². The van der Waals surface area contributed by atoms with Crippen LogP contribution in [0.3, 0.4) is 0 Å². The third kappa shape index (κ3) is 2.21. The van der Waals surface area contributed by atoms with E-state index >= 15 is 0 Å². The molecule has 0 aromatic carbocycles. The zero-order valence-corrected chi connectivity index (χ0v) is 7.72. The van der Waals surface area contributed by atoms with Gasteiger partial charge in [-0.25, -0.2) is 4.79 Å². The maximum Gasteiger partial charge on any atom is 0.404 e. The molecule has 1 heterocycles. The van der Waals surface area contributed by atoms with Crippen molar-refractivity contribution >= 4 is 6.09 Å². The first-order valence-electron chi connectivity index (χ1n) is 4.58. The standard InChI is InChI=1S/C8H12N4O2/c9-8(13)14-4-3-12-10-5-7(11-12)6-1-2-6/h5-6H,1-4H2,(H2,9,13). The van der Waals surface area contributed by atoms with Crippen molar-refractivity contribution in [2.45, 2.75) is 25.3 Å². The molecule has 0 unspecified atom stereocenters.